The quantitative estimate of drug-likeness (QED) is 0.715. The van der Waals surface area contributed by atoms with Crippen LogP contribution in [0.5, 0.6) is 0 Å². The number of thiophene rings is 1. The van der Waals surface area contributed by atoms with E-state index in [1.807, 2.05) is 30.3 Å². The summed E-state index contributed by atoms with van der Waals surface area (Å²) < 4.78 is 5.04. The number of fused-ring (bicyclic) bond motifs is 1. The third-order valence-corrected chi connectivity index (χ3v) is 5.70. The average Bonchev–Trinajstić information content (AvgIpc) is 3.03. The molecule has 0 unspecified atom stereocenters. The fraction of sp³-hybridized carbons (Fsp3) is 0.350. The van der Waals surface area contributed by atoms with Gasteiger partial charge in [0, 0.05) is 11.3 Å². The van der Waals surface area contributed by atoms with E-state index in [0.717, 1.165) is 41.7 Å². The molecular formula is C20H22N2O4S. The SMILES string of the molecule is NC(=O)c1c(NC(=O)COC(=O)CCc2ccccc2)sc2c1CCCC2. The smallest absolute Gasteiger partial charge is 0.306 e. The highest BCUT2D eigenvalue weighted by Gasteiger charge is 2.25. The second-order valence-corrected chi connectivity index (χ2v) is 7.58. The Morgan fingerprint density at radius 3 is 2.59 bits per heavy atom. The number of anilines is 1. The summed E-state index contributed by atoms with van der Waals surface area (Å²) in [6.07, 6.45) is 4.54. The van der Waals surface area contributed by atoms with Crippen LogP contribution in [0.25, 0.3) is 0 Å². The second kappa shape index (κ2) is 8.81. The van der Waals surface area contributed by atoms with Crippen LogP contribution < -0.4 is 11.1 Å². The zero-order valence-electron chi connectivity index (χ0n) is 15.0. The summed E-state index contributed by atoms with van der Waals surface area (Å²) >= 11 is 1.39. The highest BCUT2D eigenvalue weighted by Crippen LogP contribution is 2.37. The Morgan fingerprint density at radius 2 is 1.85 bits per heavy atom. The van der Waals surface area contributed by atoms with E-state index in [1.54, 1.807) is 0 Å². The lowest BCUT2D eigenvalue weighted by molar-refractivity contribution is -0.147. The Bertz CT molecular complexity index is 845. The van der Waals surface area contributed by atoms with Crippen LogP contribution >= 0.6 is 11.3 Å². The largest absolute Gasteiger partial charge is 0.456 e. The van der Waals surface area contributed by atoms with Gasteiger partial charge in [-0.05, 0) is 43.2 Å². The van der Waals surface area contributed by atoms with Gasteiger partial charge in [0.05, 0.1) is 5.56 Å². The van der Waals surface area contributed by atoms with Crippen LogP contribution in [0.4, 0.5) is 5.00 Å². The van der Waals surface area contributed by atoms with Gasteiger partial charge >= 0.3 is 5.97 Å². The summed E-state index contributed by atoms with van der Waals surface area (Å²) in [6.45, 7) is -0.381. The molecule has 0 fully saturated rings. The van der Waals surface area contributed by atoms with E-state index < -0.39 is 17.8 Å². The summed E-state index contributed by atoms with van der Waals surface area (Å²) in [5.74, 6) is -1.44. The number of hydrogen-bond acceptors (Lipinski definition) is 5. The molecule has 0 saturated heterocycles. The van der Waals surface area contributed by atoms with Crippen LogP contribution in [0.3, 0.4) is 0 Å². The number of amides is 2. The maximum Gasteiger partial charge on any atom is 0.306 e. The van der Waals surface area contributed by atoms with Crippen molar-refractivity contribution >= 4 is 34.1 Å². The molecule has 2 aromatic rings. The topological polar surface area (TPSA) is 98.5 Å². The number of benzene rings is 1. The summed E-state index contributed by atoms with van der Waals surface area (Å²) in [5.41, 5.74) is 7.90. The number of primary amides is 1. The van der Waals surface area contributed by atoms with Gasteiger partial charge in [0.1, 0.15) is 5.00 Å². The Labute approximate surface area is 161 Å². The first-order valence-corrected chi connectivity index (χ1v) is 9.80. The molecule has 6 nitrogen and oxygen atoms in total. The summed E-state index contributed by atoms with van der Waals surface area (Å²) in [4.78, 5) is 36.9. The van der Waals surface area contributed by atoms with Crippen molar-refractivity contribution in [2.24, 2.45) is 5.73 Å². The number of aryl methyl sites for hydroxylation is 2. The van der Waals surface area contributed by atoms with E-state index in [9.17, 15) is 14.4 Å². The third-order valence-electron chi connectivity index (χ3n) is 4.50. The molecule has 0 aliphatic heterocycles. The van der Waals surface area contributed by atoms with Gasteiger partial charge in [-0.15, -0.1) is 11.3 Å². The molecule has 1 aromatic heterocycles. The van der Waals surface area contributed by atoms with Crippen molar-refractivity contribution in [1.82, 2.24) is 0 Å². The molecule has 0 spiro atoms. The molecule has 27 heavy (non-hydrogen) atoms. The van der Waals surface area contributed by atoms with Gasteiger partial charge in [0.25, 0.3) is 11.8 Å². The molecule has 3 N–H and O–H groups in total. The zero-order valence-corrected chi connectivity index (χ0v) is 15.8. The lowest BCUT2D eigenvalue weighted by Gasteiger charge is -2.11. The Balaban J connectivity index is 1.53. The molecular weight excluding hydrogens is 364 g/mol. The number of nitrogens with two attached hydrogens (primary N) is 1. The number of nitrogens with one attached hydrogen (secondary N) is 1. The van der Waals surface area contributed by atoms with Crippen molar-refractivity contribution in [1.29, 1.82) is 0 Å². The molecule has 0 radical (unpaired) electrons. The Morgan fingerprint density at radius 1 is 1.11 bits per heavy atom. The molecule has 1 aliphatic rings. The van der Waals surface area contributed by atoms with Crippen molar-refractivity contribution in [2.75, 3.05) is 11.9 Å². The first-order valence-electron chi connectivity index (χ1n) is 8.98. The van der Waals surface area contributed by atoms with E-state index in [-0.39, 0.29) is 13.0 Å². The van der Waals surface area contributed by atoms with Crippen molar-refractivity contribution in [3.63, 3.8) is 0 Å². The van der Waals surface area contributed by atoms with Crippen molar-refractivity contribution in [3.8, 4) is 0 Å². The second-order valence-electron chi connectivity index (χ2n) is 6.47. The van der Waals surface area contributed by atoms with Gasteiger partial charge in [0.2, 0.25) is 0 Å². The fourth-order valence-corrected chi connectivity index (χ4v) is 4.50. The van der Waals surface area contributed by atoms with Crippen molar-refractivity contribution in [3.05, 3.63) is 51.9 Å². The van der Waals surface area contributed by atoms with Crippen molar-refractivity contribution < 1.29 is 19.1 Å². The predicted octanol–water partition coefficient (Wildman–Crippen LogP) is 2.84. The molecule has 0 atom stereocenters. The third kappa shape index (κ3) is 4.95. The van der Waals surface area contributed by atoms with Gasteiger partial charge in [-0.3, -0.25) is 14.4 Å². The summed E-state index contributed by atoms with van der Waals surface area (Å²) in [5, 5.41) is 3.14. The average molecular weight is 386 g/mol. The lowest BCUT2D eigenvalue weighted by atomic mass is 9.95. The van der Waals surface area contributed by atoms with E-state index in [0.29, 0.717) is 17.0 Å². The molecule has 1 aromatic carbocycles. The van der Waals surface area contributed by atoms with Crippen molar-refractivity contribution in [2.45, 2.75) is 38.5 Å². The van der Waals surface area contributed by atoms with Crippen LogP contribution in [-0.4, -0.2) is 24.4 Å². The summed E-state index contributed by atoms with van der Waals surface area (Å²) in [7, 11) is 0. The number of rotatable bonds is 7. The van der Waals surface area contributed by atoms with Gasteiger partial charge < -0.3 is 15.8 Å². The Hall–Kier alpha value is -2.67. The van der Waals surface area contributed by atoms with E-state index in [2.05, 4.69) is 5.32 Å². The van der Waals surface area contributed by atoms with E-state index in [1.165, 1.54) is 11.3 Å². The van der Waals surface area contributed by atoms with Crippen LogP contribution in [-0.2, 0) is 33.6 Å². The monoisotopic (exact) mass is 386 g/mol. The first-order chi connectivity index (χ1) is 13.0. The van der Waals surface area contributed by atoms with Gasteiger partial charge in [-0.25, -0.2) is 0 Å². The minimum atomic E-state index is -0.537. The fourth-order valence-electron chi connectivity index (χ4n) is 3.19. The number of esters is 1. The first kappa shape index (κ1) is 19.1. The minimum absolute atomic E-state index is 0.205. The van der Waals surface area contributed by atoms with Gasteiger partial charge in [0.15, 0.2) is 6.61 Å². The summed E-state index contributed by atoms with van der Waals surface area (Å²) in [6, 6.07) is 9.60. The molecule has 142 valence electrons. The number of carbonyl (C=O) groups is 3. The van der Waals surface area contributed by atoms with Crippen LogP contribution in [0.1, 0.15) is 45.6 Å². The maximum atomic E-state index is 12.1. The lowest BCUT2D eigenvalue weighted by Crippen LogP contribution is -2.23. The molecule has 3 rings (SSSR count). The molecule has 1 heterocycles. The van der Waals surface area contributed by atoms with E-state index in [4.69, 9.17) is 10.5 Å². The minimum Gasteiger partial charge on any atom is -0.456 e. The molecule has 0 saturated carbocycles. The van der Waals surface area contributed by atoms with Crippen LogP contribution in [0.2, 0.25) is 0 Å². The Kier molecular flexibility index (Phi) is 6.24. The normalized spacial score (nSPS) is 12.9. The molecule has 7 heteroatoms. The molecule has 2 amide bonds. The molecule has 0 bridgehead atoms. The number of carbonyl (C=O) groups excluding carboxylic acids is 3. The predicted molar refractivity (Wildman–Crippen MR) is 104 cm³/mol. The number of ether oxygens (including phenoxy) is 1. The standard InChI is InChI=1S/C20H22N2O4S/c21-19(25)18-14-8-4-5-9-15(14)27-20(18)22-16(23)12-26-17(24)11-10-13-6-2-1-3-7-13/h1-3,6-7H,4-5,8-12H2,(H2,21,25)(H,22,23). The van der Waals surface area contributed by atoms with Crippen LogP contribution in [0.15, 0.2) is 30.3 Å². The van der Waals surface area contributed by atoms with Crippen LogP contribution in [0, 0.1) is 0 Å². The highest BCUT2D eigenvalue weighted by molar-refractivity contribution is 7.17. The highest BCUT2D eigenvalue weighted by atomic mass is 32.1. The zero-order chi connectivity index (χ0) is 19.2. The van der Waals surface area contributed by atoms with E-state index >= 15 is 0 Å². The van der Waals surface area contributed by atoms with Gasteiger partial charge in [-0.2, -0.15) is 0 Å². The number of hydrogen-bond donors (Lipinski definition) is 2. The van der Waals surface area contributed by atoms with Gasteiger partial charge in [-0.1, -0.05) is 30.3 Å². The maximum absolute atomic E-state index is 12.1. The molecule has 1 aliphatic carbocycles.